The molecule has 2 aliphatic rings. The quantitative estimate of drug-likeness (QED) is 0.699. The van der Waals surface area contributed by atoms with Gasteiger partial charge in [0.2, 0.25) is 5.91 Å². The molecule has 0 radical (unpaired) electrons. The lowest BCUT2D eigenvalue weighted by Crippen LogP contribution is -2.70. The van der Waals surface area contributed by atoms with E-state index in [9.17, 15) is 19.5 Å². The molecule has 0 aliphatic carbocycles. The van der Waals surface area contributed by atoms with Crippen molar-refractivity contribution in [3.05, 3.63) is 38.1 Å². The Hall–Kier alpha value is -2.24. The van der Waals surface area contributed by atoms with E-state index in [2.05, 4.69) is 15.5 Å². The SMILES string of the molecule is Cc1nnc(C2=C(C(=O)O)N3C(=O)C(NC(=O)Cc4cccs4)[C@H]3SC2)s1. The molecule has 0 spiro atoms. The average Bonchev–Trinajstić information content (AvgIpc) is 3.29. The zero-order valence-corrected chi connectivity index (χ0v) is 16.5. The fourth-order valence-corrected chi connectivity index (χ4v) is 5.87. The molecule has 11 heteroatoms. The highest BCUT2D eigenvalue weighted by Gasteiger charge is 2.54. The van der Waals surface area contributed by atoms with E-state index in [-0.39, 0.29) is 18.0 Å². The number of amides is 2. The molecule has 2 atom stereocenters. The van der Waals surface area contributed by atoms with Crippen LogP contribution in [0.15, 0.2) is 23.2 Å². The number of hydrogen-bond donors (Lipinski definition) is 2. The molecule has 4 heterocycles. The summed E-state index contributed by atoms with van der Waals surface area (Å²) in [7, 11) is 0. The zero-order chi connectivity index (χ0) is 19.1. The highest BCUT2D eigenvalue weighted by molar-refractivity contribution is 8.00. The molecule has 2 N–H and O–H groups in total. The molecule has 140 valence electrons. The number of thiophene rings is 1. The van der Waals surface area contributed by atoms with E-state index in [4.69, 9.17) is 0 Å². The second-order valence-electron chi connectivity index (χ2n) is 5.97. The van der Waals surface area contributed by atoms with Gasteiger partial charge in [0.1, 0.15) is 27.1 Å². The number of carbonyl (C=O) groups excluding carboxylic acids is 2. The third kappa shape index (κ3) is 3.26. The molecule has 1 fully saturated rings. The van der Waals surface area contributed by atoms with Crippen molar-refractivity contribution >= 4 is 57.8 Å². The summed E-state index contributed by atoms with van der Waals surface area (Å²) in [4.78, 5) is 38.8. The standard InChI is InChI=1S/C16H14N4O4S3/c1-7-18-19-13(27-7)9-6-26-15-11(14(22)20(15)12(9)16(23)24)17-10(21)5-8-3-2-4-25-8/h2-4,11,15H,5-6H2,1H3,(H,17,21)(H,23,24)/t11?,15-/m1/s1. The van der Waals surface area contributed by atoms with Crippen LogP contribution in [0.4, 0.5) is 0 Å². The van der Waals surface area contributed by atoms with Crippen molar-refractivity contribution < 1.29 is 19.5 Å². The Balaban J connectivity index is 1.54. The zero-order valence-electron chi connectivity index (χ0n) is 14.0. The number of thioether (sulfide) groups is 1. The van der Waals surface area contributed by atoms with Crippen molar-refractivity contribution in [2.75, 3.05) is 5.75 Å². The number of carbonyl (C=O) groups is 3. The third-order valence-corrected chi connectivity index (χ3v) is 7.24. The van der Waals surface area contributed by atoms with Crippen LogP contribution >= 0.6 is 34.4 Å². The monoisotopic (exact) mass is 422 g/mol. The summed E-state index contributed by atoms with van der Waals surface area (Å²) in [5, 5.41) is 23.0. The van der Waals surface area contributed by atoms with E-state index < -0.39 is 23.3 Å². The molecule has 4 rings (SSSR count). The predicted molar refractivity (Wildman–Crippen MR) is 102 cm³/mol. The lowest BCUT2D eigenvalue weighted by Gasteiger charge is -2.49. The maximum absolute atomic E-state index is 12.6. The van der Waals surface area contributed by atoms with Crippen LogP contribution in [0.5, 0.6) is 0 Å². The Morgan fingerprint density at radius 3 is 2.85 bits per heavy atom. The molecule has 1 unspecified atom stereocenters. The van der Waals surface area contributed by atoms with E-state index in [1.54, 1.807) is 6.92 Å². The minimum absolute atomic E-state index is 0.0661. The van der Waals surface area contributed by atoms with Crippen LogP contribution < -0.4 is 5.32 Å². The van der Waals surface area contributed by atoms with Crippen LogP contribution in [-0.4, -0.2) is 55.2 Å². The number of aryl methyl sites for hydroxylation is 1. The number of hydrogen-bond acceptors (Lipinski definition) is 8. The van der Waals surface area contributed by atoms with Gasteiger partial charge in [0.05, 0.1) is 6.42 Å². The summed E-state index contributed by atoms with van der Waals surface area (Å²) in [6.07, 6.45) is 0.204. The van der Waals surface area contributed by atoms with Crippen molar-refractivity contribution in [1.82, 2.24) is 20.4 Å². The number of carboxylic acids is 1. The summed E-state index contributed by atoms with van der Waals surface area (Å²) in [6, 6.07) is 3.01. The molecule has 1 saturated heterocycles. The first-order valence-corrected chi connectivity index (χ1v) is 10.7. The highest BCUT2D eigenvalue weighted by atomic mass is 32.2. The van der Waals surface area contributed by atoms with E-state index in [1.807, 2.05) is 17.5 Å². The number of carboxylic acid groups (broad SMARTS) is 1. The number of rotatable bonds is 5. The number of aromatic nitrogens is 2. The smallest absolute Gasteiger partial charge is 0.353 e. The number of nitrogens with zero attached hydrogens (tertiary/aromatic N) is 3. The largest absolute Gasteiger partial charge is 0.477 e. The van der Waals surface area contributed by atoms with Crippen LogP contribution in [0.25, 0.3) is 5.57 Å². The second kappa shape index (κ2) is 7.06. The molecule has 0 aromatic carbocycles. The van der Waals surface area contributed by atoms with Gasteiger partial charge in [-0.25, -0.2) is 4.79 Å². The second-order valence-corrected chi connectivity index (χ2v) is 9.29. The Morgan fingerprint density at radius 1 is 1.41 bits per heavy atom. The molecular weight excluding hydrogens is 408 g/mol. The summed E-state index contributed by atoms with van der Waals surface area (Å²) < 4.78 is 0. The van der Waals surface area contributed by atoms with Gasteiger partial charge in [-0.05, 0) is 18.4 Å². The maximum atomic E-state index is 12.6. The molecule has 27 heavy (non-hydrogen) atoms. The van der Waals surface area contributed by atoms with E-state index in [0.29, 0.717) is 16.3 Å². The predicted octanol–water partition coefficient (Wildman–Crippen LogP) is 1.35. The van der Waals surface area contributed by atoms with E-state index in [0.717, 1.165) is 9.88 Å². The first-order chi connectivity index (χ1) is 13.0. The molecule has 2 amide bonds. The van der Waals surface area contributed by atoms with Gasteiger partial charge in [0.25, 0.3) is 5.91 Å². The van der Waals surface area contributed by atoms with Gasteiger partial charge in [-0.15, -0.1) is 33.3 Å². The van der Waals surface area contributed by atoms with E-state index in [1.165, 1.54) is 39.3 Å². The molecule has 2 aliphatic heterocycles. The van der Waals surface area contributed by atoms with Gasteiger partial charge in [0, 0.05) is 16.2 Å². The van der Waals surface area contributed by atoms with Crippen LogP contribution in [0.3, 0.4) is 0 Å². The van der Waals surface area contributed by atoms with Crippen LogP contribution in [0.1, 0.15) is 14.9 Å². The topological polar surface area (TPSA) is 112 Å². The third-order valence-electron chi connectivity index (χ3n) is 4.19. The minimum atomic E-state index is -1.18. The number of β-lactam (4-membered cyclic amide) rings is 1. The average molecular weight is 423 g/mol. The number of fused-ring (bicyclic) bond motifs is 1. The first-order valence-electron chi connectivity index (χ1n) is 7.99. The summed E-state index contributed by atoms with van der Waals surface area (Å²) >= 11 is 4.19. The molecule has 0 saturated carbocycles. The van der Waals surface area contributed by atoms with Crippen LogP contribution in [-0.2, 0) is 20.8 Å². The fourth-order valence-electron chi connectivity index (χ4n) is 3.00. The summed E-state index contributed by atoms with van der Waals surface area (Å²) in [6.45, 7) is 1.79. The van der Waals surface area contributed by atoms with Crippen LogP contribution in [0, 0.1) is 6.92 Å². The van der Waals surface area contributed by atoms with Gasteiger partial charge in [-0.3, -0.25) is 14.5 Å². The fraction of sp³-hybridized carbons (Fsp3) is 0.312. The Labute approximate surface area is 166 Å². The van der Waals surface area contributed by atoms with Gasteiger partial charge < -0.3 is 10.4 Å². The van der Waals surface area contributed by atoms with E-state index >= 15 is 0 Å². The van der Waals surface area contributed by atoms with Crippen molar-refractivity contribution in [2.24, 2.45) is 0 Å². The highest BCUT2D eigenvalue weighted by Crippen LogP contribution is 2.43. The van der Waals surface area contributed by atoms with Crippen molar-refractivity contribution in [1.29, 1.82) is 0 Å². The molecular formula is C16H14N4O4S3. The van der Waals surface area contributed by atoms with Crippen LogP contribution in [0.2, 0.25) is 0 Å². The first kappa shape index (κ1) is 18.1. The number of nitrogens with one attached hydrogen (secondary N) is 1. The van der Waals surface area contributed by atoms with Gasteiger partial charge in [-0.2, -0.15) is 0 Å². The number of aliphatic carboxylic acids is 1. The van der Waals surface area contributed by atoms with Gasteiger partial charge in [0.15, 0.2) is 0 Å². The normalized spacial score (nSPS) is 21.7. The Kier molecular flexibility index (Phi) is 4.74. The van der Waals surface area contributed by atoms with Crippen molar-refractivity contribution in [3.63, 3.8) is 0 Å². The lowest BCUT2D eigenvalue weighted by atomic mass is 10.0. The van der Waals surface area contributed by atoms with Crippen molar-refractivity contribution in [3.8, 4) is 0 Å². The lowest BCUT2D eigenvalue weighted by molar-refractivity contribution is -0.150. The maximum Gasteiger partial charge on any atom is 0.353 e. The Bertz CT molecular complexity index is 953. The van der Waals surface area contributed by atoms with Crippen molar-refractivity contribution in [2.45, 2.75) is 24.8 Å². The molecule has 8 nitrogen and oxygen atoms in total. The molecule has 2 aromatic rings. The van der Waals surface area contributed by atoms with Gasteiger partial charge >= 0.3 is 5.97 Å². The molecule has 0 bridgehead atoms. The summed E-state index contributed by atoms with van der Waals surface area (Å²) in [5.74, 6) is -1.45. The summed E-state index contributed by atoms with van der Waals surface area (Å²) in [5.41, 5.74) is 0.426. The molecule has 2 aromatic heterocycles. The van der Waals surface area contributed by atoms with Gasteiger partial charge in [-0.1, -0.05) is 17.4 Å². The Morgan fingerprint density at radius 2 is 2.22 bits per heavy atom. The minimum Gasteiger partial charge on any atom is -0.477 e.